The Morgan fingerprint density at radius 2 is 0.822 bits per heavy atom. The number of hydrogen-bond acceptors (Lipinski definition) is 0. The third-order valence-corrected chi connectivity index (χ3v) is 8.76. The van der Waals surface area contributed by atoms with Crippen LogP contribution in [0.4, 0.5) is 0 Å². The van der Waals surface area contributed by atoms with Crippen LogP contribution >= 0.6 is 0 Å². The lowest BCUT2D eigenvalue weighted by molar-refractivity contribution is 1.18. The van der Waals surface area contributed by atoms with Crippen LogP contribution < -0.4 is 0 Å². The highest BCUT2D eigenvalue weighted by molar-refractivity contribution is 6.25. The van der Waals surface area contributed by atoms with Crippen LogP contribution in [0.25, 0.3) is 82.8 Å². The lowest BCUT2D eigenvalue weighted by Crippen LogP contribution is -1.93. The smallest absolute Gasteiger partial charge is 0.0629 e. The minimum atomic E-state index is -0.0598. The molecule has 0 spiro atoms. The van der Waals surface area contributed by atoms with Gasteiger partial charge in [-0.2, -0.15) is 0 Å². The van der Waals surface area contributed by atoms with Crippen molar-refractivity contribution in [2.24, 2.45) is 0 Å². The van der Waals surface area contributed by atoms with Gasteiger partial charge in [0.25, 0.3) is 0 Å². The Morgan fingerprint density at radius 1 is 0.333 bits per heavy atom. The zero-order valence-corrected chi connectivity index (χ0v) is 24.4. The molecule has 1 aromatic heterocycles. The molecule has 0 fully saturated rings. The van der Waals surface area contributed by atoms with Gasteiger partial charge in [0.15, 0.2) is 0 Å². The van der Waals surface area contributed by atoms with Gasteiger partial charge in [-0.15, -0.1) is 0 Å². The number of para-hydroxylation sites is 1. The predicted molar refractivity (Wildman–Crippen MR) is 191 cm³/mol. The van der Waals surface area contributed by atoms with E-state index in [1.165, 1.54) is 5.39 Å². The molecule has 9 rings (SSSR count). The molecule has 0 unspecified atom stereocenters. The molecule has 0 aliphatic carbocycles. The minimum absolute atomic E-state index is 0.0585. The first-order chi connectivity index (χ1) is 24.0. The van der Waals surface area contributed by atoms with E-state index in [0.717, 1.165) is 55.1 Å². The number of hydrogen-bond donors (Lipinski definition) is 0. The Balaban J connectivity index is 1.29. The fourth-order valence-electron chi connectivity index (χ4n) is 6.66. The Labute approximate surface area is 268 Å². The number of benzene rings is 8. The van der Waals surface area contributed by atoms with Crippen LogP contribution in [0.3, 0.4) is 0 Å². The molecule has 0 N–H and O–H groups in total. The van der Waals surface area contributed by atoms with Gasteiger partial charge < -0.3 is 4.57 Å². The van der Waals surface area contributed by atoms with Crippen molar-refractivity contribution in [3.8, 4) is 50.2 Å². The van der Waals surface area contributed by atoms with Gasteiger partial charge >= 0.3 is 0 Å². The fourth-order valence-corrected chi connectivity index (χ4v) is 6.66. The molecule has 0 aliphatic rings. The molecular weight excluding hydrogens is 542 g/mol. The number of rotatable bonds is 5. The molecule has 0 saturated heterocycles. The summed E-state index contributed by atoms with van der Waals surface area (Å²) in [4.78, 5) is 0. The highest BCUT2D eigenvalue weighted by Gasteiger charge is 2.18. The summed E-state index contributed by atoms with van der Waals surface area (Å²) in [7, 11) is 0. The third-order valence-electron chi connectivity index (χ3n) is 8.76. The van der Waals surface area contributed by atoms with Crippen molar-refractivity contribution in [1.82, 2.24) is 4.57 Å². The maximum Gasteiger partial charge on any atom is 0.0629 e. The molecule has 0 radical (unpaired) electrons. The van der Waals surface area contributed by atoms with Gasteiger partial charge in [0.1, 0.15) is 0 Å². The molecule has 8 aromatic carbocycles. The predicted octanol–water partition coefficient (Wildman–Crippen LogP) is 12.0. The second-order valence-electron chi connectivity index (χ2n) is 11.5. The average molecular weight is 576 g/mol. The quantitative estimate of drug-likeness (QED) is 0.180. The largest absolute Gasteiger partial charge is 0.309 e. The minimum Gasteiger partial charge on any atom is -0.309 e. The second kappa shape index (κ2) is 10.4. The van der Waals surface area contributed by atoms with Crippen LogP contribution in [-0.2, 0) is 0 Å². The molecule has 9 aromatic rings. The van der Waals surface area contributed by atoms with E-state index in [0.29, 0.717) is 22.3 Å². The molecule has 0 saturated carbocycles. The molecule has 0 atom stereocenters. The first kappa shape index (κ1) is 21.7. The first-order valence-electron chi connectivity index (χ1n) is 17.2. The van der Waals surface area contributed by atoms with E-state index in [-0.39, 0.29) is 24.2 Å². The summed E-state index contributed by atoms with van der Waals surface area (Å²) in [6.07, 6.45) is 0. The molecule has 1 nitrogen and oxygen atoms in total. The lowest BCUT2D eigenvalue weighted by Gasteiger charge is -2.12. The first-order valence-corrected chi connectivity index (χ1v) is 15.2. The van der Waals surface area contributed by atoms with Crippen LogP contribution in [0.1, 0.15) is 5.48 Å². The van der Waals surface area contributed by atoms with E-state index in [1.54, 1.807) is 0 Å². The summed E-state index contributed by atoms with van der Waals surface area (Å²) in [5.41, 5.74) is 8.88. The topological polar surface area (TPSA) is 4.93 Å². The van der Waals surface area contributed by atoms with Crippen LogP contribution in [-0.4, -0.2) is 4.57 Å². The third kappa shape index (κ3) is 4.32. The number of nitrogens with zero attached hydrogens (tertiary/aromatic N) is 1. The van der Waals surface area contributed by atoms with E-state index in [9.17, 15) is 5.48 Å². The summed E-state index contributed by atoms with van der Waals surface area (Å²) >= 11 is 0. The van der Waals surface area contributed by atoms with E-state index in [2.05, 4.69) is 53.1 Å². The van der Waals surface area contributed by atoms with Gasteiger partial charge in [0.05, 0.1) is 16.5 Å². The molecule has 0 aliphatic heterocycles. The van der Waals surface area contributed by atoms with Crippen LogP contribution in [0.2, 0.25) is 0 Å². The van der Waals surface area contributed by atoms with E-state index < -0.39 is 0 Å². The summed E-state index contributed by atoms with van der Waals surface area (Å²) < 4.78 is 39.6. The van der Waals surface area contributed by atoms with Crippen molar-refractivity contribution in [2.75, 3.05) is 0 Å². The summed E-state index contributed by atoms with van der Waals surface area (Å²) in [5.74, 6) is 0. The Kier molecular flexibility index (Phi) is 5.00. The van der Waals surface area contributed by atoms with Crippen molar-refractivity contribution < 1.29 is 5.48 Å². The van der Waals surface area contributed by atoms with Crippen molar-refractivity contribution in [1.29, 1.82) is 0 Å². The molecule has 45 heavy (non-hydrogen) atoms. The zero-order valence-electron chi connectivity index (χ0n) is 28.4. The van der Waals surface area contributed by atoms with E-state index >= 15 is 0 Å². The van der Waals surface area contributed by atoms with Crippen LogP contribution in [0.5, 0.6) is 0 Å². The molecule has 0 amide bonds. The molecule has 1 heteroatoms. The van der Waals surface area contributed by atoms with Crippen LogP contribution in [0.15, 0.2) is 176 Å². The SMILES string of the molecule is [2H]c1c([2H])c(-c2cc3ccc4cccc5c4c3c(c2)n5-c2ccccc2)c([2H])c([2H])c1-c1cc(-c2ccccc2)cc(-c2ccccc2)c1. The maximum absolute atomic E-state index is 9.35. The van der Waals surface area contributed by atoms with Gasteiger partial charge in [0.2, 0.25) is 0 Å². The van der Waals surface area contributed by atoms with Crippen LogP contribution in [0, 0.1) is 0 Å². The van der Waals surface area contributed by atoms with Crippen molar-refractivity contribution >= 4 is 32.6 Å². The van der Waals surface area contributed by atoms with Gasteiger partial charge in [0, 0.05) is 16.5 Å². The monoisotopic (exact) mass is 575 g/mol. The summed E-state index contributed by atoms with van der Waals surface area (Å²) in [5, 5.41) is 4.44. The molecule has 1 heterocycles. The van der Waals surface area contributed by atoms with E-state index in [4.69, 9.17) is 0 Å². The summed E-state index contributed by atoms with van der Waals surface area (Å²) in [6, 6.07) is 50.7. The Hall–Kier alpha value is -5.92. The van der Waals surface area contributed by atoms with Crippen molar-refractivity contribution in [3.05, 3.63) is 176 Å². The van der Waals surface area contributed by atoms with Gasteiger partial charge in [-0.05, 0) is 104 Å². The highest BCUT2D eigenvalue weighted by Crippen LogP contribution is 2.41. The van der Waals surface area contributed by atoms with E-state index in [1.807, 2.05) is 103 Å². The maximum atomic E-state index is 9.35. The molecular formula is C44H29N. The van der Waals surface area contributed by atoms with Crippen molar-refractivity contribution in [3.63, 3.8) is 0 Å². The Bertz CT molecular complexity index is 2590. The highest BCUT2D eigenvalue weighted by atomic mass is 15.0. The van der Waals surface area contributed by atoms with Gasteiger partial charge in [-0.25, -0.2) is 0 Å². The van der Waals surface area contributed by atoms with Gasteiger partial charge in [-0.3, -0.25) is 0 Å². The summed E-state index contributed by atoms with van der Waals surface area (Å²) in [6.45, 7) is 0. The second-order valence-corrected chi connectivity index (χ2v) is 11.5. The normalized spacial score (nSPS) is 12.8. The number of aromatic nitrogens is 1. The fraction of sp³-hybridized carbons (Fsp3) is 0. The lowest BCUT2D eigenvalue weighted by atomic mass is 9.92. The molecule has 0 bridgehead atoms. The zero-order chi connectivity index (χ0) is 33.2. The average Bonchev–Trinajstić information content (AvgIpc) is 3.49. The Morgan fingerprint density at radius 3 is 1.42 bits per heavy atom. The van der Waals surface area contributed by atoms with Crippen molar-refractivity contribution in [2.45, 2.75) is 0 Å². The van der Waals surface area contributed by atoms with Gasteiger partial charge in [-0.1, -0.05) is 127 Å². The standard InChI is InChI=1S/C44H29N/c1-4-11-30(12-5-1)36-26-37(31-13-6-2-7-14-31)28-38(27-36)32-19-21-33(22-20-32)39-25-35-24-23-34-15-10-18-41-43(34)44(35)42(29-39)45(41)40-16-8-3-9-17-40/h1-29H/i19D,20D,21D,22D. The molecule has 210 valence electrons.